The van der Waals surface area contributed by atoms with Crippen molar-refractivity contribution in [3.05, 3.63) is 83.4 Å². The van der Waals surface area contributed by atoms with Crippen molar-refractivity contribution in [3.8, 4) is 0 Å². The van der Waals surface area contributed by atoms with E-state index in [0.29, 0.717) is 0 Å². The van der Waals surface area contributed by atoms with E-state index in [1.54, 1.807) is 18.2 Å². The number of aromatic amines is 1. The largest absolute Gasteiger partial charge is 0.329 e. The minimum absolute atomic E-state index is 0. The van der Waals surface area contributed by atoms with Gasteiger partial charge in [-0.1, -0.05) is 30.3 Å². The minimum atomic E-state index is -4.15. The van der Waals surface area contributed by atoms with Gasteiger partial charge < -0.3 is 10.7 Å². The smallest absolute Gasteiger partial charge is 0.264 e. The Balaban J connectivity index is 0.00000341. The summed E-state index contributed by atoms with van der Waals surface area (Å²) in [6.07, 6.45) is 4.04. The molecule has 0 radical (unpaired) electrons. The van der Waals surface area contributed by atoms with Gasteiger partial charge in [0.15, 0.2) is 9.84 Å². The van der Waals surface area contributed by atoms with E-state index < -0.39 is 31.2 Å². The quantitative estimate of drug-likeness (QED) is 0.503. The van der Waals surface area contributed by atoms with Crippen molar-refractivity contribution >= 4 is 43.0 Å². The Bertz CT molecular complexity index is 1340. The number of nitrogens with two attached hydrogens (primary N) is 1. The third-order valence-electron chi connectivity index (χ3n) is 4.45. The third kappa shape index (κ3) is 5.34. The second-order valence-corrected chi connectivity index (χ2v) is 10.4. The molecule has 0 saturated carbocycles. The molecular weight excluding hydrogens is 462 g/mol. The highest BCUT2D eigenvalue weighted by atomic mass is 35.5. The van der Waals surface area contributed by atoms with E-state index >= 15 is 0 Å². The number of nitrogens with zero attached hydrogens (tertiary/aromatic N) is 1. The van der Waals surface area contributed by atoms with Crippen molar-refractivity contribution in [3.63, 3.8) is 0 Å². The molecule has 8 nitrogen and oxygen atoms in total. The second kappa shape index (κ2) is 10.1. The second-order valence-electron chi connectivity index (χ2n) is 6.39. The van der Waals surface area contributed by atoms with Crippen LogP contribution in [-0.4, -0.2) is 45.0 Å². The molecule has 0 bridgehead atoms. The molecule has 0 saturated heterocycles. The predicted octanol–water partition coefficient (Wildman–Crippen LogP) is 1.89. The first-order valence-corrected chi connectivity index (χ1v) is 12.1. The van der Waals surface area contributed by atoms with Gasteiger partial charge in [0.05, 0.1) is 15.5 Å². The molecule has 0 aliphatic rings. The maximum atomic E-state index is 13.3. The fourth-order valence-electron chi connectivity index (χ4n) is 2.95. The average molecular weight is 484 g/mol. The monoisotopic (exact) mass is 483 g/mol. The Morgan fingerprint density at radius 2 is 1.65 bits per heavy atom. The van der Waals surface area contributed by atoms with Crippen LogP contribution in [0.1, 0.15) is 0 Å². The molecule has 166 valence electrons. The lowest BCUT2D eigenvalue weighted by Gasteiger charge is -2.21. The van der Waals surface area contributed by atoms with Crippen LogP contribution in [0.4, 0.5) is 0 Å². The summed E-state index contributed by atoms with van der Waals surface area (Å²) in [7, 11) is -7.85. The standard InChI is InChI=1S/C20H21N3O5S2.ClH/c21-11-5-13-23(14-15-29(25,26)16-6-2-1-3-7-16)30(27,28)19-9-4-8-18-17(19)10-12-22-20(18)24;/h1-10,12-13H,11,14-15,21H2,(H,22,24);1H. The van der Waals surface area contributed by atoms with E-state index in [9.17, 15) is 21.6 Å². The van der Waals surface area contributed by atoms with Gasteiger partial charge in [0, 0.05) is 36.3 Å². The summed E-state index contributed by atoms with van der Waals surface area (Å²) >= 11 is 0. The number of sulfonamides is 1. The predicted molar refractivity (Wildman–Crippen MR) is 122 cm³/mol. The number of sulfone groups is 1. The first-order valence-electron chi connectivity index (χ1n) is 9.04. The van der Waals surface area contributed by atoms with Crippen LogP contribution in [0.25, 0.3) is 10.8 Å². The van der Waals surface area contributed by atoms with Gasteiger partial charge >= 0.3 is 0 Å². The highest BCUT2D eigenvalue weighted by Gasteiger charge is 2.26. The number of H-pyrrole nitrogens is 1. The van der Waals surface area contributed by atoms with Gasteiger partial charge in [-0.2, -0.15) is 0 Å². The molecule has 0 amide bonds. The molecule has 0 aliphatic carbocycles. The molecule has 3 rings (SSSR count). The van der Waals surface area contributed by atoms with E-state index in [1.807, 2.05) is 0 Å². The van der Waals surface area contributed by atoms with E-state index in [1.165, 1.54) is 54.9 Å². The third-order valence-corrected chi connectivity index (χ3v) is 8.00. The lowest BCUT2D eigenvalue weighted by atomic mass is 10.2. The Morgan fingerprint density at radius 3 is 2.32 bits per heavy atom. The lowest BCUT2D eigenvalue weighted by molar-refractivity contribution is 0.509. The highest BCUT2D eigenvalue weighted by Crippen LogP contribution is 2.24. The maximum absolute atomic E-state index is 13.3. The number of hydrogen-bond donors (Lipinski definition) is 2. The Labute approximate surface area is 186 Å². The molecule has 3 N–H and O–H groups in total. The zero-order valence-electron chi connectivity index (χ0n) is 16.3. The molecule has 1 heterocycles. The summed E-state index contributed by atoms with van der Waals surface area (Å²) in [4.78, 5) is 14.6. The molecule has 3 aromatic rings. The number of fused-ring (bicyclic) bond motifs is 1. The highest BCUT2D eigenvalue weighted by molar-refractivity contribution is 7.91. The van der Waals surface area contributed by atoms with Gasteiger partial charge in [-0.15, -0.1) is 12.4 Å². The number of hydrogen-bond acceptors (Lipinski definition) is 6. The molecule has 0 aliphatic heterocycles. The van der Waals surface area contributed by atoms with Crippen LogP contribution < -0.4 is 11.3 Å². The summed E-state index contributed by atoms with van der Waals surface area (Å²) in [5.74, 6) is -0.420. The van der Waals surface area contributed by atoms with Crippen LogP contribution in [0.5, 0.6) is 0 Å². The van der Waals surface area contributed by atoms with Crippen molar-refractivity contribution in [2.45, 2.75) is 9.79 Å². The number of benzene rings is 2. The van der Waals surface area contributed by atoms with Gasteiger partial charge in [-0.3, -0.25) is 9.10 Å². The summed E-state index contributed by atoms with van der Waals surface area (Å²) < 4.78 is 52.9. The summed E-state index contributed by atoms with van der Waals surface area (Å²) in [6, 6.07) is 13.7. The van der Waals surface area contributed by atoms with Crippen LogP contribution in [0.2, 0.25) is 0 Å². The Kier molecular flexibility index (Phi) is 8.02. The molecule has 31 heavy (non-hydrogen) atoms. The first-order chi connectivity index (χ1) is 14.3. The number of nitrogens with one attached hydrogen (secondary N) is 1. The molecule has 0 fully saturated rings. The Morgan fingerprint density at radius 1 is 0.935 bits per heavy atom. The minimum Gasteiger partial charge on any atom is -0.329 e. The fourth-order valence-corrected chi connectivity index (χ4v) is 5.85. The number of aromatic nitrogens is 1. The number of pyridine rings is 1. The van der Waals surface area contributed by atoms with Crippen molar-refractivity contribution in [1.29, 1.82) is 0 Å². The Hall–Kier alpha value is -2.66. The van der Waals surface area contributed by atoms with Gasteiger partial charge in [-0.05, 0) is 30.3 Å². The first kappa shape index (κ1) is 24.6. The van der Waals surface area contributed by atoms with Gasteiger partial charge in [0.2, 0.25) is 0 Å². The van der Waals surface area contributed by atoms with Crippen molar-refractivity contribution in [2.75, 3.05) is 18.8 Å². The van der Waals surface area contributed by atoms with E-state index in [0.717, 1.165) is 4.31 Å². The van der Waals surface area contributed by atoms with Crippen LogP contribution >= 0.6 is 12.4 Å². The molecule has 1 aromatic heterocycles. The van der Waals surface area contributed by atoms with Crippen molar-refractivity contribution in [2.24, 2.45) is 5.73 Å². The summed E-state index contributed by atoms with van der Waals surface area (Å²) in [6.45, 7) is -0.234. The van der Waals surface area contributed by atoms with Crippen LogP contribution in [-0.2, 0) is 19.9 Å². The molecule has 0 unspecified atom stereocenters. The zero-order valence-corrected chi connectivity index (χ0v) is 18.8. The summed E-state index contributed by atoms with van der Waals surface area (Å²) in [5.41, 5.74) is 5.05. The van der Waals surface area contributed by atoms with Crippen LogP contribution in [0.3, 0.4) is 0 Å². The topological polar surface area (TPSA) is 130 Å². The van der Waals surface area contributed by atoms with Gasteiger partial charge in [0.25, 0.3) is 15.6 Å². The summed E-state index contributed by atoms with van der Waals surface area (Å²) in [5, 5.41) is 0.469. The molecule has 0 atom stereocenters. The number of halogens is 1. The average Bonchev–Trinajstić information content (AvgIpc) is 2.74. The maximum Gasteiger partial charge on any atom is 0.264 e. The molecule has 0 spiro atoms. The van der Waals surface area contributed by atoms with Crippen molar-refractivity contribution < 1.29 is 16.8 Å². The molecule has 2 aromatic carbocycles. The molecule has 11 heteroatoms. The molecular formula is C20H22ClN3O5S2. The van der Waals surface area contributed by atoms with Crippen molar-refractivity contribution in [1.82, 2.24) is 9.29 Å². The van der Waals surface area contributed by atoms with Gasteiger partial charge in [0.1, 0.15) is 0 Å². The van der Waals surface area contributed by atoms with Crippen LogP contribution in [0.15, 0.2) is 87.7 Å². The normalized spacial score (nSPS) is 12.0. The van der Waals surface area contributed by atoms with E-state index in [4.69, 9.17) is 5.73 Å². The zero-order chi connectivity index (χ0) is 21.8. The van der Waals surface area contributed by atoms with Gasteiger partial charge in [-0.25, -0.2) is 16.8 Å². The van der Waals surface area contributed by atoms with Crippen LogP contribution in [0, 0.1) is 0 Å². The fraction of sp³-hybridized carbons (Fsp3) is 0.150. The van der Waals surface area contributed by atoms with E-state index in [2.05, 4.69) is 4.98 Å². The number of rotatable bonds is 8. The SMILES string of the molecule is Cl.NCC=CN(CCS(=O)(=O)c1ccccc1)S(=O)(=O)c1cccc2c(=O)[nH]ccc12. The van der Waals surface area contributed by atoms with E-state index in [-0.39, 0.29) is 46.1 Å². The lowest BCUT2D eigenvalue weighted by Crippen LogP contribution is -2.31.